The molecule has 1 aliphatic heterocycles. The lowest BCUT2D eigenvalue weighted by atomic mass is 10.0. The molecule has 1 aliphatic rings. The van der Waals surface area contributed by atoms with E-state index in [1.165, 1.54) is 0 Å². The highest BCUT2D eigenvalue weighted by Crippen LogP contribution is 2.13. The molecule has 1 atom stereocenters. The number of nitrogens with one attached hydrogen (secondary N) is 2. The van der Waals surface area contributed by atoms with E-state index in [1.807, 2.05) is 32.7 Å². The second kappa shape index (κ2) is 9.19. The first kappa shape index (κ1) is 19.2. The van der Waals surface area contributed by atoms with Crippen LogP contribution < -0.4 is 10.6 Å². The highest BCUT2D eigenvalue weighted by atomic mass is 35.5. The number of hydrogen-bond donors (Lipinski definition) is 2. The molecule has 1 heterocycles. The van der Waals surface area contributed by atoms with Gasteiger partial charge in [0.05, 0.1) is 0 Å². The zero-order chi connectivity index (χ0) is 14.4. The first-order valence-electron chi connectivity index (χ1n) is 7.19. The van der Waals surface area contributed by atoms with Gasteiger partial charge < -0.3 is 15.5 Å². The van der Waals surface area contributed by atoms with Crippen LogP contribution in [0.5, 0.6) is 0 Å². The van der Waals surface area contributed by atoms with Crippen LogP contribution in [-0.2, 0) is 9.59 Å². The average Bonchev–Trinajstić information content (AvgIpc) is 2.39. The minimum absolute atomic E-state index is 0. The fourth-order valence-corrected chi connectivity index (χ4v) is 2.32. The quantitative estimate of drug-likeness (QED) is 0.797. The van der Waals surface area contributed by atoms with E-state index in [4.69, 9.17) is 0 Å². The van der Waals surface area contributed by atoms with Gasteiger partial charge in [0.2, 0.25) is 11.8 Å². The zero-order valence-corrected chi connectivity index (χ0v) is 13.8. The molecule has 1 fully saturated rings. The predicted molar refractivity (Wildman–Crippen MR) is 82.9 cm³/mol. The Labute approximate surface area is 128 Å². The molecule has 2 N–H and O–H groups in total. The third kappa shape index (κ3) is 5.67. The number of hydrogen-bond acceptors (Lipinski definition) is 3. The van der Waals surface area contributed by atoms with Gasteiger partial charge in [-0.15, -0.1) is 12.4 Å². The lowest BCUT2D eigenvalue weighted by molar-refractivity contribution is -0.136. The van der Waals surface area contributed by atoms with Crippen molar-refractivity contribution in [1.29, 1.82) is 0 Å². The molecule has 0 spiro atoms. The van der Waals surface area contributed by atoms with Gasteiger partial charge in [-0.3, -0.25) is 9.59 Å². The summed E-state index contributed by atoms with van der Waals surface area (Å²) in [5.74, 6) is 0.360. The maximum atomic E-state index is 12.1. The molecule has 20 heavy (non-hydrogen) atoms. The van der Waals surface area contributed by atoms with Gasteiger partial charge in [-0.25, -0.2) is 0 Å². The van der Waals surface area contributed by atoms with E-state index in [0.717, 1.165) is 25.9 Å². The van der Waals surface area contributed by atoms with Crippen molar-refractivity contribution in [2.24, 2.45) is 11.8 Å². The summed E-state index contributed by atoms with van der Waals surface area (Å²) >= 11 is 0. The van der Waals surface area contributed by atoms with E-state index in [9.17, 15) is 9.59 Å². The largest absolute Gasteiger partial charge is 0.353 e. The fourth-order valence-electron chi connectivity index (χ4n) is 2.32. The van der Waals surface area contributed by atoms with Crippen molar-refractivity contribution in [1.82, 2.24) is 15.5 Å². The summed E-state index contributed by atoms with van der Waals surface area (Å²) in [7, 11) is 1.86. The minimum Gasteiger partial charge on any atom is -0.353 e. The average molecular weight is 306 g/mol. The maximum Gasteiger partial charge on any atom is 0.226 e. The molecular weight excluding hydrogens is 278 g/mol. The molecule has 1 rings (SSSR count). The second-order valence-corrected chi connectivity index (χ2v) is 5.72. The summed E-state index contributed by atoms with van der Waals surface area (Å²) in [5.41, 5.74) is 0. The van der Waals surface area contributed by atoms with Crippen molar-refractivity contribution in [3.8, 4) is 0 Å². The number of likely N-dealkylation sites (tertiary alicyclic amines) is 1. The van der Waals surface area contributed by atoms with Crippen LogP contribution in [0.2, 0.25) is 0 Å². The number of carbonyl (C=O) groups is 2. The van der Waals surface area contributed by atoms with Crippen LogP contribution in [0.1, 0.15) is 33.6 Å². The van der Waals surface area contributed by atoms with Crippen molar-refractivity contribution in [3.05, 3.63) is 0 Å². The molecule has 5 nitrogen and oxygen atoms in total. The van der Waals surface area contributed by atoms with Gasteiger partial charge in [0, 0.05) is 37.5 Å². The maximum absolute atomic E-state index is 12.1. The summed E-state index contributed by atoms with van der Waals surface area (Å²) in [4.78, 5) is 25.7. The normalized spacial score (nSPS) is 17.6. The van der Waals surface area contributed by atoms with Crippen molar-refractivity contribution < 1.29 is 9.59 Å². The van der Waals surface area contributed by atoms with Gasteiger partial charge in [0.1, 0.15) is 0 Å². The molecule has 118 valence electrons. The van der Waals surface area contributed by atoms with E-state index >= 15 is 0 Å². The summed E-state index contributed by atoms with van der Waals surface area (Å²) in [5, 5.41) is 6.07. The predicted octanol–water partition coefficient (Wildman–Crippen LogP) is 1.03. The third-order valence-electron chi connectivity index (χ3n) is 3.61. The summed E-state index contributed by atoms with van der Waals surface area (Å²) in [6.45, 7) is 7.95. The smallest absolute Gasteiger partial charge is 0.226 e. The van der Waals surface area contributed by atoms with Crippen LogP contribution >= 0.6 is 12.4 Å². The highest BCUT2D eigenvalue weighted by Gasteiger charge is 2.26. The molecule has 6 heteroatoms. The molecule has 0 radical (unpaired) electrons. The van der Waals surface area contributed by atoms with E-state index in [-0.39, 0.29) is 42.1 Å². The van der Waals surface area contributed by atoms with Crippen molar-refractivity contribution in [2.45, 2.75) is 39.7 Å². The number of rotatable bonds is 5. The van der Waals surface area contributed by atoms with Crippen molar-refractivity contribution >= 4 is 24.2 Å². The fraction of sp³-hybridized carbons (Fsp3) is 0.857. The van der Waals surface area contributed by atoms with E-state index in [1.54, 1.807) is 0 Å². The molecule has 0 aliphatic carbocycles. The first-order valence-corrected chi connectivity index (χ1v) is 7.19. The number of amides is 2. The van der Waals surface area contributed by atoms with Crippen molar-refractivity contribution in [2.75, 3.05) is 26.7 Å². The zero-order valence-electron chi connectivity index (χ0n) is 12.9. The molecule has 0 aromatic carbocycles. The lowest BCUT2D eigenvalue weighted by Gasteiger charge is -2.34. The lowest BCUT2D eigenvalue weighted by Crippen LogP contribution is -2.49. The summed E-state index contributed by atoms with van der Waals surface area (Å²) in [6, 6.07) is 0.221. The molecule has 2 amide bonds. The van der Waals surface area contributed by atoms with Gasteiger partial charge in [-0.05, 0) is 19.9 Å². The number of nitrogens with zero attached hydrogens (tertiary/aromatic N) is 1. The Balaban J connectivity index is 0.00000361. The second-order valence-electron chi connectivity index (χ2n) is 5.72. The van der Waals surface area contributed by atoms with Gasteiger partial charge >= 0.3 is 0 Å². The van der Waals surface area contributed by atoms with Crippen molar-refractivity contribution in [3.63, 3.8) is 0 Å². The number of piperidine rings is 1. The Morgan fingerprint density at radius 2 is 1.75 bits per heavy atom. The van der Waals surface area contributed by atoms with E-state index in [0.29, 0.717) is 6.54 Å². The number of halogens is 1. The monoisotopic (exact) mass is 305 g/mol. The van der Waals surface area contributed by atoms with Crippen LogP contribution in [0.4, 0.5) is 0 Å². The van der Waals surface area contributed by atoms with Gasteiger partial charge in [0.25, 0.3) is 0 Å². The van der Waals surface area contributed by atoms with Gasteiger partial charge in [0.15, 0.2) is 0 Å². The van der Waals surface area contributed by atoms with Gasteiger partial charge in [-0.1, -0.05) is 20.8 Å². The molecule has 1 unspecified atom stereocenters. The molecule has 1 saturated heterocycles. The molecule has 0 aromatic heterocycles. The standard InChI is InChI=1S/C14H27N3O2.ClH/c1-10(2)13(18)16-12-5-7-17(8-6-12)14(19)11(3)9-15-4;/h10-12,15H,5-9H2,1-4H3,(H,16,18);1H. The molecule has 0 aromatic rings. The Hall–Kier alpha value is -0.810. The van der Waals surface area contributed by atoms with E-state index in [2.05, 4.69) is 10.6 Å². The summed E-state index contributed by atoms with van der Waals surface area (Å²) in [6.07, 6.45) is 1.72. The van der Waals surface area contributed by atoms with Crippen LogP contribution in [0.15, 0.2) is 0 Å². The third-order valence-corrected chi connectivity index (χ3v) is 3.61. The van der Waals surface area contributed by atoms with Crippen LogP contribution in [0.3, 0.4) is 0 Å². The Morgan fingerprint density at radius 3 is 2.20 bits per heavy atom. The Bertz CT molecular complexity index is 316. The van der Waals surface area contributed by atoms with Crippen LogP contribution in [0.25, 0.3) is 0 Å². The number of carbonyl (C=O) groups excluding carboxylic acids is 2. The highest BCUT2D eigenvalue weighted by molar-refractivity contribution is 5.85. The molecule has 0 bridgehead atoms. The SMILES string of the molecule is CNCC(C)C(=O)N1CCC(NC(=O)C(C)C)CC1.Cl. The van der Waals surface area contributed by atoms with Crippen LogP contribution in [0, 0.1) is 11.8 Å². The Morgan fingerprint density at radius 1 is 1.20 bits per heavy atom. The van der Waals surface area contributed by atoms with Crippen LogP contribution in [-0.4, -0.2) is 49.4 Å². The molecular formula is C14H28ClN3O2. The minimum atomic E-state index is 0. The van der Waals surface area contributed by atoms with E-state index < -0.39 is 0 Å². The summed E-state index contributed by atoms with van der Waals surface area (Å²) < 4.78 is 0. The first-order chi connectivity index (χ1) is 8.95. The van der Waals surface area contributed by atoms with Gasteiger partial charge in [-0.2, -0.15) is 0 Å². The topological polar surface area (TPSA) is 61.4 Å². The molecule has 0 saturated carbocycles. The Kier molecular flexibility index (Phi) is 8.81.